The van der Waals surface area contributed by atoms with Crippen molar-refractivity contribution in [3.8, 4) is 0 Å². The monoisotopic (exact) mass is 489 g/mol. The molecule has 1 aliphatic rings. The van der Waals surface area contributed by atoms with Crippen molar-refractivity contribution >= 4 is 17.8 Å². The van der Waals surface area contributed by atoms with Gasteiger partial charge in [0.2, 0.25) is 0 Å². The maximum Gasteiger partial charge on any atom is 0.313 e. The van der Waals surface area contributed by atoms with Crippen LogP contribution < -0.4 is 0 Å². The van der Waals surface area contributed by atoms with E-state index in [9.17, 15) is 19.5 Å². The molecule has 7 heteroatoms. The summed E-state index contributed by atoms with van der Waals surface area (Å²) >= 11 is 0. The van der Waals surface area contributed by atoms with Gasteiger partial charge in [-0.15, -0.1) is 0 Å². The fourth-order valence-corrected chi connectivity index (χ4v) is 4.49. The van der Waals surface area contributed by atoms with Gasteiger partial charge in [0.05, 0.1) is 24.5 Å². The van der Waals surface area contributed by atoms with Crippen LogP contribution in [-0.4, -0.2) is 59.3 Å². The van der Waals surface area contributed by atoms with Crippen LogP contribution in [0.1, 0.15) is 78.2 Å². The number of hydrogen-bond acceptors (Lipinski definition) is 6. The molecule has 1 amide bonds. The lowest BCUT2D eigenvalue weighted by molar-refractivity contribution is -0.176. The van der Waals surface area contributed by atoms with E-state index in [1.54, 1.807) is 14.0 Å². The molecule has 7 nitrogen and oxygen atoms in total. The standard InChI is InChI=1S/C28H43NO6/c1-6-7-8-9-13-16-24-20(4)28(33)35-26(19(2)3)27(32)29(5)22(23(30)18-25(31)34-24)17-21-14-11-10-12-15-21/h10-12,14-15,19-20,22-24,26,30H,6-9,13,16-18H2,1-5H3/t20-,22-,23?,24+,26-/m0/s1. The summed E-state index contributed by atoms with van der Waals surface area (Å²) in [6, 6.07) is 8.81. The average Bonchev–Trinajstić information content (AvgIpc) is 2.83. The van der Waals surface area contributed by atoms with E-state index in [0.717, 1.165) is 37.7 Å². The number of hydrogen-bond donors (Lipinski definition) is 1. The zero-order valence-corrected chi connectivity index (χ0v) is 21.9. The van der Waals surface area contributed by atoms with Gasteiger partial charge in [0.25, 0.3) is 5.91 Å². The minimum Gasteiger partial charge on any atom is -0.461 e. The number of carbonyl (C=O) groups is 3. The Hall–Kier alpha value is -2.41. The van der Waals surface area contributed by atoms with Gasteiger partial charge in [0, 0.05) is 7.05 Å². The molecule has 0 aliphatic carbocycles. The summed E-state index contributed by atoms with van der Waals surface area (Å²) in [6.45, 7) is 7.48. The number of amides is 1. The number of carbonyl (C=O) groups excluding carboxylic acids is 3. The SMILES string of the molecule is CCCCCCC[C@H]1OC(=O)CC(O)[C@H](Cc2ccccc2)N(C)C(=O)[C@H](C(C)C)OC(=O)[C@H]1C. The third kappa shape index (κ3) is 8.64. The van der Waals surface area contributed by atoms with E-state index in [1.165, 1.54) is 4.90 Å². The summed E-state index contributed by atoms with van der Waals surface area (Å²) in [4.78, 5) is 40.8. The summed E-state index contributed by atoms with van der Waals surface area (Å²) in [5, 5.41) is 11.1. The Morgan fingerprint density at radius 3 is 2.31 bits per heavy atom. The molecule has 0 bridgehead atoms. The second kappa shape index (κ2) is 14.2. The third-order valence-corrected chi connectivity index (χ3v) is 6.85. The van der Waals surface area contributed by atoms with E-state index in [4.69, 9.17) is 9.47 Å². The molecular formula is C28H43NO6. The Bertz CT molecular complexity index is 811. The van der Waals surface area contributed by atoms with E-state index < -0.39 is 42.2 Å². The van der Waals surface area contributed by atoms with Crippen LogP contribution in [-0.2, 0) is 30.3 Å². The normalized spacial score (nSPS) is 26.7. The fraction of sp³-hybridized carbons (Fsp3) is 0.679. The second-order valence-electron chi connectivity index (χ2n) is 10.1. The summed E-state index contributed by atoms with van der Waals surface area (Å²) in [5.41, 5.74) is 0.924. The Labute approximate surface area is 210 Å². The first-order valence-electron chi connectivity index (χ1n) is 13.0. The highest BCUT2D eigenvalue weighted by molar-refractivity contribution is 5.85. The number of esters is 2. The van der Waals surface area contributed by atoms with Crippen molar-refractivity contribution < 1.29 is 29.0 Å². The number of unbranched alkanes of at least 4 members (excludes halogenated alkanes) is 4. The van der Waals surface area contributed by atoms with Gasteiger partial charge in [-0.2, -0.15) is 0 Å². The zero-order chi connectivity index (χ0) is 26.0. The molecule has 0 saturated carbocycles. The van der Waals surface area contributed by atoms with Crippen LogP contribution in [0.4, 0.5) is 0 Å². The van der Waals surface area contributed by atoms with Crippen LogP contribution in [0.3, 0.4) is 0 Å². The number of nitrogens with zero attached hydrogens (tertiary/aromatic N) is 1. The van der Waals surface area contributed by atoms with Gasteiger partial charge in [-0.1, -0.05) is 76.8 Å². The van der Waals surface area contributed by atoms with Crippen LogP contribution >= 0.6 is 0 Å². The number of aliphatic hydroxyl groups excluding tert-OH is 1. The van der Waals surface area contributed by atoms with Gasteiger partial charge in [0.15, 0.2) is 6.10 Å². The molecule has 5 atom stereocenters. The number of ether oxygens (including phenoxy) is 2. The van der Waals surface area contributed by atoms with Gasteiger partial charge in [-0.25, -0.2) is 0 Å². The lowest BCUT2D eigenvalue weighted by atomic mass is 9.95. The molecule has 1 fully saturated rings. The van der Waals surface area contributed by atoms with Crippen molar-refractivity contribution in [1.29, 1.82) is 0 Å². The highest BCUT2D eigenvalue weighted by atomic mass is 16.6. The topological polar surface area (TPSA) is 93.1 Å². The summed E-state index contributed by atoms with van der Waals surface area (Å²) in [7, 11) is 1.59. The van der Waals surface area contributed by atoms with Gasteiger partial charge >= 0.3 is 11.9 Å². The van der Waals surface area contributed by atoms with Gasteiger partial charge in [0.1, 0.15) is 6.10 Å². The van der Waals surface area contributed by atoms with Crippen LogP contribution in [0.2, 0.25) is 0 Å². The van der Waals surface area contributed by atoms with E-state index in [2.05, 4.69) is 6.92 Å². The van der Waals surface area contributed by atoms with Crippen LogP contribution in [0.25, 0.3) is 0 Å². The minimum atomic E-state index is -1.12. The number of rotatable bonds is 9. The maximum absolute atomic E-state index is 13.5. The van der Waals surface area contributed by atoms with Gasteiger partial charge in [-0.05, 0) is 37.7 Å². The van der Waals surface area contributed by atoms with Gasteiger partial charge in [-0.3, -0.25) is 14.4 Å². The molecule has 0 spiro atoms. The van der Waals surface area contributed by atoms with Gasteiger partial charge < -0.3 is 19.5 Å². The van der Waals surface area contributed by atoms with E-state index in [-0.39, 0.29) is 18.2 Å². The molecule has 1 heterocycles. The molecule has 1 saturated heterocycles. The van der Waals surface area contributed by atoms with Crippen molar-refractivity contribution in [2.45, 2.75) is 103 Å². The molecule has 2 rings (SSSR count). The number of likely N-dealkylation sites (N-methyl/N-ethyl adjacent to an activating group) is 1. The Morgan fingerprint density at radius 1 is 1.03 bits per heavy atom. The Kier molecular flexibility index (Phi) is 11.7. The summed E-state index contributed by atoms with van der Waals surface area (Å²) < 4.78 is 11.5. The molecule has 1 N–H and O–H groups in total. The number of aliphatic hydroxyl groups is 1. The summed E-state index contributed by atoms with van der Waals surface area (Å²) in [5.74, 6) is -2.46. The molecule has 0 radical (unpaired) electrons. The predicted octanol–water partition coefficient (Wildman–Crippen LogP) is 4.30. The first-order chi connectivity index (χ1) is 16.6. The molecule has 35 heavy (non-hydrogen) atoms. The molecule has 1 unspecified atom stereocenters. The Morgan fingerprint density at radius 2 is 1.69 bits per heavy atom. The zero-order valence-electron chi connectivity index (χ0n) is 21.9. The summed E-state index contributed by atoms with van der Waals surface area (Å²) in [6.07, 6.45) is 3.04. The maximum atomic E-state index is 13.5. The highest BCUT2D eigenvalue weighted by Gasteiger charge is 2.39. The highest BCUT2D eigenvalue weighted by Crippen LogP contribution is 2.24. The fourth-order valence-electron chi connectivity index (χ4n) is 4.49. The van der Waals surface area contributed by atoms with Crippen molar-refractivity contribution in [2.75, 3.05) is 7.05 Å². The number of benzene rings is 1. The van der Waals surface area contributed by atoms with E-state index in [0.29, 0.717) is 12.8 Å². The molecule has 1 aliphatic heterocycles. The number of cyclic esters (lactones) is 2. The lowest BCUT2D eigenvalue weighted by Gasteiger charge is -2.36. The first-order valence-corrected chi connectivity index (χ1v) is 13.0. The smallest absolute Gasteiger partial charge is 0.313 e. The van der Waals surface area contributed by atoms with Crippen molar-refractivity contribution in [2.24, 2.45) is 11.8 Å². The largest absolute Gasteiger partial charge is 0.461 e. The molecule has 0 aromatic heterocycles. The van der Waals surface area contributed by atoms with E-state index in [1.807, 2.05) is 44.2 Å². The van der Waals surface area contributed by atoms with Crippen LogP contribution in [0.5, 0.6) is 0 Å². The van der Waals surface area contributed by atoms with Crippen molar-refractivity contribution in [3.63, 3.8) is 0 Å². The lowest BCUT2D eigenvalue weighted by Crippen LogP contribution is -2.53. The predicted molar refractivity (Wildman–Crippen MR) is 134 cm³/mol. The van der Waals surface area contributed by atoms with Crippen molar-refractivity contribution in [3.05, 3.63) is 35.9 Å². The van der Waals surface area contributed by atoms with Crippen LogP contribution in [0, 0.1) is 11.8 Å². The van der Waals surface area contributed by atoms with Crippen LogP contribution in [0.15, 0.2) is 30.3 Å². The molecule has 1 aromatic carbocycles. The van der Waals surface area contributed by atoms with E-state index >= 15 is 0 Å². The Balaban J connectivity index is 2.31. The van der Waals surface area contributed by atoms with Crippen molar-refractivity contribution in [1.82, 2.24) is 4.90 Å². The quantitative estimate of drug-likeness (QED) is 0.411. The molecule has 1 aromatic rings. The average molecular weight is 490 g/mol. The minimum absolute atomic E-state index is 0.254. The second-order valence-corrected chi connectivity index (χ2v) is 10.1. The first kappa shape index (κ1) is 28.8. The molecular weight excluding hydrogens is 446 g/mol. The third-order valence-electron chi connectivity index (χ3n) is 6.85. The molecule has 196 valence electrons.